The first kappa shape index (κ1) is 17.4. The van der Waals surface area contributed by atoms with Gasteiger partial charge >= 0.3 is 0 Å². The average molecular weight is 359 g/mol. The molecule has 2 aromatic carbocycles. The quantitative estimate of drug-likeness (QED) is 0.859. The van der Waals surface area contributed by atoms with Crippen molar-refractivity contribution in [2.24, 2.45) is 0 Å². The number of amides is 1. The summed E-state index contributed by atoms with van der Waals surface area (Å²) in [5.41, 5.74) is 2.23. The summed E-state index contributed by atoms with van der Waals surface area (Å²) < 4.78 is 25.7. The lowest BCUT2D eigenvalue weighted by molar-refractivity contribution is 0.102. The van der Waals surface area contributed by atoms with E-state index in [4.69, 9.17) is 0 Å². The summed E-state index contributed by atoms with van der Waals surface area (Å²) in [6.07, 6.45) is 2.39. The van der Waals surface area contributed by atoms with Crippen LogP contribution in [-0.2, 0) is 10.0 Å². The van der Waals surface area contributed by atoms with Crippen molar-refractivity contribution < 1.29 is 13.2 Å². The van der Waals surface area contributed by atoms with Crippen molar-refractivity contribution in [1.82, 2.24) is 4.72 Å². The van der Waals surface area contributed by atoms with Gasteiger partial charge in [0.05, 0.1) is 4.90 Å². The molecule has 1 saturated heterocycles. The van der Waals surface area contributed by atoms with Gasteiger partial charge in [-0.15, -0.1) is 0 Å². The molecule has 132 valence electrons. The number of rotatable bonds is 5. The first-order valence-electron chi connectivity index (χ1n) is 8.19. The number of carbonyl (C=O) groups excluding carboxylic acids is 1. The maximum atomic E-state index is 12.4. The van der Waals surface area contributed by atoms with Gasteiger partial charge in [0.2, 0.25) is 10.0 Å². The van der Waals surface area contributed by atoms with Gasteiger partial charge in [-0.1, -0.05) is 6.07 Å². The first-order valence-corrected chi connectivity index (χ1v) is 9.68. The lowest BCUT2D eigenvalue weighted by Crippen LogP contribution is -2.19. The molecule has 1 aliphatic rings. The number of hydrogen-bond acceptors (Lipinski definition) is 4. The van der Waals surface area contributed by atoms with Gasteiger partial charge in [0.25, 0.3) is 5.91 Å². The van der Waals surface area contributed by atoms with Gasteiger partial charge in [0.15, 0.2) is 0 Å². The van der Waals surface area contributed by atoms with Crippen LogP contribution < -0.4 is 14.9 Å². The number of nitrogens with one attached hydrogen (secondary N) is 2. The van der Waals surface area contributed by atoms with Crippen LogP contribution in [0.1, 0.15) is 23.2 Å². The van der Waals surface area contributed by atoms with Crippen molar-refractivity contribution in [3.8, 4) is 0 Å². The van der Waals surface area contributed by atoms with Crippen LogP contribution >= 0.6 is 0 Å². The lowest BCUT2D eigenvalue weighted by Gasteiger charge is -2.18. The topological polar surface area (TPSA) is 78.5 Å². The molecular formula is C18H21N3O3S. The Morgan fingerprint density at radius 3 is 2.36 bits per heavy atom. The van der Waals surface area contributed by atoms with Crippen LogP contribution in [0, 0.1) is 0 Å². The molecule has 0 radical (unpaired) electrons. The van der Waals surface area contributed by atoms with Crippen molar-refractivity contribution in [2.45, 2.75) is 17.7 Å². The molecule has 3 rings (SSSR count). The summed E-state index contributed by atoms with van der Waals surface area (Å²) in [6.45, 7) is 2.08. The first-order chi connectivity index (χ1) is 12.0. The Labute approximate surface area is 147 Å². The summed E-state index contributed by atoms with van der Waals surface area (Å²) in [5, 5.41) is 2.86. The molecule has 7 heteroatoms. The van der Waals surface area contributed by atoms with Crippen LogP contribution in [-0.4, -0.2) is 34.5 Å². The lowest BCUT2D eigenvalue weighted by atomic mass is 10.2. The van der Waals surface area contributed by atoms with Crippen LogP contribution in [0.4, 0.5) is 11.4 Å². The van der Waals surface area contributed by atoms with Gasteiger partial charge in [-0.05, 0) is 62.4 Å². The van der Waals surface area contributed by atoms with Crippen molar-refractivity contribution in [3.05, 3.63) is 54.1 Å². The van der Waals surface area contributed by atoms with Crippen LogP contribution in [0.2, 0.25) is 0 Å². The smallest absolute Gasteiger partial charge is 0.255 e. The minimum Gasteiger partial charge on any atom is -0.371 e. The summed E-state index contributed by atoms with van der Waals surface area (Å²) >= 11 is 0. The molecule has 0 bridgehead atoms. The van der Waals surface area contributed by atoms with E-state index in [1.165, 1.54) is 44.2 Å². The van der Waals surface area contributed by atoms with E-state index in [0.717, 1.165) is 24.5 Å². The van der Waals surface area contributed by atoms with Crippen molar-refractivity contribution in [1.29, 1.82) is 0 Å². The molecule has 2 N–H and O–H groups in total. The normalized spacial score (nSPS) is 14.5. The Kier molecular flexibility index (Phi) is 5.06. The Morgan fingerprint density at radius 2 is 1.72 bits per heavy atom. The number of benzene rings is 2. The maximum absolute atomic E-state index is 12.4. The van der Waals surface area contributed by atoms with Crippen molar-refractivity contribution in [3.63, 3.8) is 0 Å². The zero-order chi connectivity index (χ0) is 17.9. The summed E-state index contributed by atoms with van der Waals surface area (Å²) in [4.78, 5) is 14.8. The Morgan fingerprint density at radius 1 is 1.04 bits per heavy atom. The third-order valence-electron chi connectivity index (χ3n) is 4.27. The van der Waals surface area contributed by atoms with E-state index in [9.17, 15) is 13.2 Å². The molecule has 1 amide bonds. The molecule has 1 fully saturated rings. The van der Waals surface area contributed by atoms with E-state index in [2.05, 4.69) is 14.9 Å². The Hall–Kier alpha value is -2.38. The number of nitrogens with zero attached hydrogens (tertiary/aromatic N) is 1. The van der Waals surface area contributed by atoms with Crippen molar-refractivity contribution >= 4 is 27.3 Å². The van der Waals surface area contributed by atoms with Gasteiger partial charge in [-0.2, -0.15) is 0 Å². The summed E-state index contributed by atoms with van der Waals surface area (Å²) in [5.74, 6) is -0.271. The highest BCUT2D eigenvalue weighted by molar-refractivity contribution is 7.89. The minimum atomic E-state index is -3.50. The second-order valence-corrected chi connectivity index (χ2v) is 7.82. The second kappa shape index (κ2) is 7.25. The maximum Gasteiger partial charge on any atom is 0.255 e. The molecular weight excluding hydrogens is 338 g/mol. The van der Waals surface area contributed by atoms with E-state index in [-0.39, 0.29) is 10.8 Å². The highest BCUT2D eigenvalue weighted by atomic mass is 32.2. The second-order valence-electron chi connectivity index (χ2n) is 5.93. The molecule has 0 unspecified atom stereocenters. The van der Waals surface area contributed by atoms with Crippen molar-refractivity contribution in [2.75, 3.05) is 30.4 Å². The largest absolute Gasteiger partial charge is 0.371 e. The monoisotopic (exact) mass is 359 g/mol. The Balaban J connectivity index is 1.73. The van der Waals surface area contributed by atoms with E-state index in [0.29, 0.717) is 5.56 Å². The molecule has 25 heavy (non-hydrogen) atoms. The fourth-order valence-corrected chi connectivity index (χ4v) is 3.59. The third-order valence-corrected chi connectivity index (χ3v) is 5.70. The molecule has 0 atom stereocenters. The predicted octanol–water partition coefficient (Wildman–Crippen LogP) is 2.45. The van der Waals surface area contributed by atoms with Gasteiger partial charge in [0.1, 0.15) is 0 Å². The molecule has 0 spiro atoms. The van der Waals surface area contributed by atoms with Gasteiger partial charge in [0, 0.05) is 30.0 Å². The van der Waals surface area contributed by atoms with Crippen LogP contribution in [0.15, 0.2) is 53.4 Å². The number of anilines is 2. The molecule has 6 nitrogen and oxygen atoms in total. The van der Waals surface area contributed by atoms with E-state index >= 15 is 0 Å². The standard InChI is InChI=1S/C18H21N3O3S/c1-19-25(23,24)17-9-7-14(8-10-17)18(22)20-15-5-4-6-16(13-15)21-11-2-3-12-21/h4-10,13,19H,2-3,11-12H2,1H3,(H,20,22). The van der Waals surface area contributed by atoms with Gasteiger partial charge < -0.3 is 10.2 Å². The third kappa shape index (κ3) is 4.00. The number of carbonyl (C=O) groups is 1. The van der Waals surface area contributed by atoms with E-state index in [1.807, 2.05) is 24.3 Å². The highest BCUT2D eigenvalue weighted by Gasteiger charge is 2.14. The number of sulfonamides is 1. The Bertz CT molecular complexity index is 857. The van der Waals surface area contributed by atoms with Gasteiger partial charge in [-0.3, -0.25) is 4.79 Å². The fourth-order valence-electron chi connectivity index (χ4n) is 2.86. The average Bonchev–Trinajstić information content (AvgIpc) is 3.17. The van der Waals surface area contributed by atoms with Crippen LogP contribution in [0.3, 0.4) is 0 Å². The molecule has 0 aliphatic carbocycles. The summed E-state index contributed by atoms with van der Waals surface area (Å²) in [6, 6.07) is 13.6. The molecule has 1 heterocycles. The highest BCUT2D eigenvalue weighted by Crippen LogP contribution is 2.23. The SMILES string of the molecule is CNS(=O)(=O)c1ccc(C(=O)Nc2cccc(N3CCCC3)c2)cc1. The number of hydrogen-bond donors (Lipinski definition) is 2. The predicted molar refractivity (Wildman–Crippen MR) is 98.5 cm³/mol. The van der Waals surface area contributed by atoms with Crippen LogP contribution in [0.25, 0.3) is 0 Å². The fraction of sp³-hybridized carbons (Fsp3) is 0.278. The molecule has 1 aliphatic heterocycles. The minimum absolute atomic E-state index is 0.127. The molecule has 0 saturated carbocycles. The zero-order valence-electron chi connectivity index (χ0n) is 14.0. The molecule has 0 aromatic heterocycles. The van der Waals surface area contributed by atoms with E-state index < -0.39 is 10.0 Å². The van der Waals surface area contributed by atoms with Crippen LogP contribution in [0.5, 0.6) is 0 Å². The summed E-state index contributed by atoms with van der Waals surface area (Å²) in [7, 11) is -2.15. The van der Waals surface area contributed by atoms with E-state index in [1.54, 1.807) is 0 Å². The van der Waals surface area contributed by atoms with Gasteiger partial charge in [-0.25, -0.2) is 13.1 Å². The zero-order valence-corrected chi connectivity index (χ0v) is 14.8. The molecule has 2 aromatic rings.